The molecule has 4 rings (SSSR count). The first-order valence-corrected chi connectivity index (χ1v) is 8.89. The summed E-state index contributed by atoms with van der Waals surface area (Å²) in [4.78, 5) is 30.2. The number of rotatable bonds is 3. The number of carbonyl (C=O) groups is 2. The van der Waals surface area contributed by atoms with Crippen LogP contribution >= 0.6 is 0 Å². The number of aromatic nitrogens is 1. The molecule has 0 saturated heterocycles. The number of allylic oxidation sites excluding steroid dienone is 1. The van der Waals surface area contributed by atoms with Crippen molar-refractivity contribution < 1.29 is 14.3 Å². The van der Waals surface area contributed by atoms with Gasteiger partial charge in [-0.2, -0.15) is 0 Å². The maximum absolute atomic E-state index is 13.1. The van der Waals surface area contributed by atoms with E-state index in [1.165, 1.54) is 0 Å². The molecule has 4 nitrogen and oxygen atoms in total. The second-order valence-corrected chi connectivity index (χ2v) is 7.78. The zero-order chi connectivity index (χ0) is 18.3. The van der Waals surface area contributed by atoms with Crippen LogP contribution in [0.5, 0.6) is 0 Å². The number of carbonyl (C=O) groups excluding carboxylic acids is 2. The van der Waals surface area contributed by atoms with Crippen molar-refractivity contribution in [2.45, 2.75) is 38.7 Å². The van der Waals surface area contributed by atoms with Crippen molar-refractivity contribution in [3.8, 4) is 0 Å². The second-order valence-electron chi connectivity index (χ2n) is 7.78. The third kappa shape index (κ3) is 2.85. The molecule has 1 aliphatic carbocycles. The quantitative estimate of drug-likeness (QED) is 0.785. The number of hydrogen-bond donors (Lipinski definition) is 0. The molecule has 1 aromatic heterocycles. The average Bonchev–Trinajstić information content (AvgIpc) is 3.01. The van der Waals surface area contributed by atoms with Gasteiger partial charge >= 0.3 is 0 Å². The number of nitrogens with zero attached hydrogens (tertiary/aromatic N) is 1. The number of hydrogen-bond acceptors (Lipinski definition) is 4. The van der Waals surface area contributed by atoms with Crippen molar-refractivity contribution in [1.82, 2.24) is 4.98 Å². The van der Waals surface area contributed by atoms with Gasteiger partial charge in [-0.05, 0) is 23.1 Å². The molecule has 0 saturated carbocycles. The lowest BCUT2D eigenvalue weighted by Gasteiger charge is -2.29. The summed E-state index contributed by atoms with van der Waals surface area (Å²) in [6, 6.07) is 14.9. The molecule has 0 unspecified atom stereocenters. The highest BCUT2D eigenvalue weighted by atomic mass is 16.5. The molecular formula is C22H21NO3. The van der Waals surface area contributed by atoms with E-state index < -0.39 is 6.10 Å². The van der Waals surface area contributed by atoms with Crippen LogP contribution in [0.25, 0.3) is 0 Å². The molecular weight excluding hydrogens is 326 g/mol. The van der Waals surface area contributed by atoms with Gasteiger partial charge in [-0.3, -0.25) is 14.6 Å². The third-order valence-electron chi connectivity index (χ3n) is 5.10. The van der Waals surface area contributed by atoms with E-state index in [1.807, 2.05) is 30.3 Å². The van der Waals surface area contributed by atoms with Gasteiger partial charge in [0, 0.05) is 24.6 Å². The lowest BCUT2D eigenvalue weighted by atomic mass is 9.72. The van der Waals surface area contributed by atoms with Crippen LogP contribution in [0.15, 0.2) is 66.1 Å². The summed E-state index contributed by atoms with van der Waals surface area (Å²) >= 11 is 0. The highest BCUT2D eigenvalue weighted by molar-refractivity contribution is 6.04. The van der Waals surface area contributed by atoms with Crippen LogP contribution in [-0.4, -0.2) is 22.7 Å². The van der Waals surface area contributed by atoms with Crippen LogP contribution < -0.4 is 0 Å². The maximum Gasteiger partial charge on any atom is 0.222 e. The summed E-state index contributed by atoms with van der Waals surface area (Å²) in [5.74, 6) is 0.208. The van der Waals surface area contributed by atoms with E-state index in [1.54, 1.807) is 24.4 Å². The van der Waals surface area contributed by atoms with Crippen molar-refractivity contribution in [2.75, 3.05) is 0 Å². The van der Waals surface area contributed by atoms with Crippen LogP contribution in [-0.2, 0) is 9.53 Å². The molecule has 0 N–H and O–H groups in total. The molecule has 2 aliphatic rings. The van der Waals surface area contributed by atoms with Crippen LogP contribution in [0.4, 0.5) is 0 Å². The smallest absolute Gasteiger partial charge is 0.222 e. The zero-order valence-corrected chi connectivity index (χ0v) is 14.9. The van der Waals surface area contributed by atoms with Gasteiger partial charge in [0.25, 0.3) is 0 Å². The monoisotopic (exact) mass is 347 g/mol. The molecule has 2 heterocycles. The van der Waals surface area contributed by atoms with Crippen molar-refractivity contribution in [2.24, 2.45) is 5.41 Å². The van der Waals surface area contributed by atoms with Crippen molar-refractivity contribution >= 4 is 11.6 Å². The Labute approximate surface area is 152 Å². The minimum atomic E-state index is -0.741. The molecule has 2 aromatic rings. The highest BCUT2D eigenvalue weighted by Gasteiger charge is 2.49. The van der Waals surface area contributed by atoms with E-state index in [0.29, 0.717) is 29.9 Å². The fraction of sp³-hybridized carbons (Fsp3) is 0.318. The normalized spacial score (nSPS) is 24.2. The Hall–Kier alpha value is -2.75. The zero-order valence-electron chi connectivity index (χ0n) is 14.9. The Morgan fingerprint density at radius 3 is 2.50 bits per heavy atom. The molecule has 0 bridgehead atoms. The van der Waals surface area contributed by atoms with Gasteiger partial charge in [-0.1, -0.05) is 50.2 Å². The van der Waals surface area contributed by atoms with Gasteiger partial charge in [-0.25, -0.2) is 0 Å². The molecule has 4 heteroatoms. The Morgan fingerprint density at radius 2 is 1.81 bits per heavy atom. The van der Waals surface area contributed by atoms with E-state index in [4.69, 9.17) is 4.74 Å². The minimum absolute atomic E-state index is 0.0847. The predicted molar refractivity (Wildman–Crippen MR) is 97.7 cm³/mol. The van der Waals surface area contributed by atoms with E-state index >= 15 is 0 Å². The molecule has 2 atom stereocenters. The SMILES string of the molecule is CC1(C)CC(=O)C2=C(C1)O[C@@H](C(=O)c1ccccn1)[C@@H]2c1ccccc1. The third-order valence-corrected chi connectivity index (χ3v) is 5.10. The first kappa shape index (κ1) is 16.7. The maximum atomic E-state index is 13.1. The summed E-state index contributed by atoms with van der Waals surface area (Å²) in [6.07, 6.45) is 2.00. The summed E-state index contributed by atoms with van der Waals surface area (Å²) < 4.78 is 6.12. The van der Waals surface area contributed by atoms with Crippen LogP contribution in [0.2, 0.25) is 0 Å². The number of pyridine rings is 1. The lowest BCUT2D eigenvalue weighted by Crippen LogP contribution is -2.29. The van der Waals surface area contributed by atoms with Gasteiger partial charge < -0.3 is 4.74 Å². The lowest BCUT2D eigenvalue weighted by molar-refractivity contribution is -0.118. The average molecular weight is 347 g/mol. The van der Waals surface area contributed by atoms with Crippen molar-refractivity contribution in [3.05, 3.63) is 77.3 Å². The van der Waals surface area contributed by atoms with Crippen LogP contribution in [0.1, 0.15) is 48.7 Å². The van der Waals surface area contributed by atoms with Crippen molar-refractivity contribution in [1.29, 1.82) is 0 Å². The minimum Gasteiger partial charge on any atom is -0.485 e. The number of Topliss-reactive ketones (excluding diaryl/α,β-unsaturated/α-hetero) is 2. The summed E-state index contributed by atoms with van der Waals surface area (Å²) in [5.41, 5.74) is 1.81. The Bertz CT molecular complexity index is 884. The molecule has 26 heavy (non-hydrogen) atoms. The summed E-state index contributed by atoms with van der Waals surface area (Å²) in [5, 5.41) is 0. The highest BCUT2D eigenvalue weighted by Crippen LogP contribution is 2.49. The molecule has 0 spiro atoms. The fourth-order valence-electron chi connectivity index (χ4n) is 3.96. The van der Waals surface area contributed by atoms with E-state index in [9.17, 15) is 9.59 Å². The van der Waals surface area contributed by atoms with Gasteiger partial charge in [0.2, 0.25) is 5.78 Å². The number of benzene rings is 1. The number of ether oxygens (including phenoxy) is 1. The summed E-state index contributed by atoms with van der Waals surface area (Å²) in [6.45, 7) is 4.12. The Balaban J connectivity index is 1.79. The van der Waals surface area contributed by atoms with Gasteiger partial charge in [0.1, 0.15) is 11.5 Å². The molecule has 0 amide bonds. The van der Waals surface area contributed by atoms with Gasteiger partial charge in [-0.15, -0.1) is 0 Å². The Morgan fingerprint density at radius 1 is 1.08 bits per heavy atom. The van der Waals surface area contributed by atoms with Crippen molar-refractivity contribution in [3.63, 3.8) is 0 Å². The predicted octanol–water partition coefficient (Wildman–Crippen LogP) is 4.09. The Kier molecular flexibility index (Phi) is 3.98. The standard InChI is InChI=1S/C22H21NO3/c1-22(2)12-16(24)19-17(13-22)26-21(18(19)14-8-4-3-5-9-14)20(25)15-10-6-7-11-23-15/h3-11,18,21H,12-13H2,1-2H3/t18-,21-/m1/s1. The second kappa shape index (κ2) is 6.20. The largest absolute Gasteiger partial charge is 0.485 e. The first-order valence-electron chi connectivity index (χ1n) is 8.89. The van der Waals surface area contributed by atoms with Gasteiger partial charge in [0.05, 0.1) is 5.92 Å². The molecule has 0 radical (unpaired) electrons. The van der Waals surface area contributed by atoms with E-state index in [2.05, 4.69) is 18.8 Å². The molecule has 132 valence electrons. The van der Waals surface area contributed by atoms with Crippen LogP contribution in [0, 0.1) is 5.41 Å². The van der Waals surface area contributed by atoms with E-state index in [-0.39, 0.29) is 22.9 Å². The summed E-state index contributed by atoms with van der Waals surface area (Å²) in [7, 11) is 0. The first-order chi connectivity index (χ1) is 12.5. The van der Waals surface area contributed by atoms with E-state index in [0.717, 1.165) is 5.56 Å². The fourth-order valence-corrected chi connectivity index (χ4v) is 3.96. The molecule has 0 fully saturated rings. The molecule has 1 aromatic carbocycles. The van der Waals surface area contributed by atoms with Gasteiger partial charge in [0.15, 0.2) is 11.9 Å². The number of ketones is 2. The topological polar surface area (TPSA) is 56.3 Å². The van der Waals surface area contributed by atoms with Crippen LogP contribution in [0.3, 0.4) is 0 Å². The molecule has 1 aliphatic heterocycles.